The summed E-state index contributed by atoms with van der Waals surface area (Å²) in [6.45, 7) is 4.52. The van der Waals surface area contributed by atoms with Crippen LogP contribution >= 0.6 is 0 Å². The van der Waals surface area contributed by atoms with Crippen molar-refractivity contribution < 1.29 is 38.2 Å². The quantitative estimate of drug-likeness (QED) is 0.0317. The van der Waals surface area contributed by atoms with Crippen molar-refractivity contribution in [2.24, 2.45) is 0 Å². The fourth-order valence-electron chi connectivity index (χ4n) is 5.28. The van der Waals surface area contributed by atoms with E-state index in [2.05, 4.69) is 50.3 Å². The summed E-state index contributed by atoms with van der Waals surface area (Å²) in [7, 11) is 5.49. The van der Waals surface area contributed by atoms with E-state index in [4.69, 9.17) is 14.2 Å². The van der Waals surface area contributed by atoms with Gasteiger partial charge in [-0.05, 0) is 38.5 Å². The molecular formula is C41H72NO7+. The van der Waals surface area contributed by atoms with Gasteiger partial charge in [-0.3, -0.25) is 9.59 Å². The van der Waals surface area contributed by atoms with E-state index in [9.17, 15) is 19.5 Å². The van der Waals surface area contributed by atoms with Crippen molar-refractivity contribution in [3.05, 3.63) is 48.6 Å². The van der Waals surface area contributed by atoms with E-state index in [1.807, 2.05) is 33.3 Å². The van der Waals surface area contributed by atoms with Crippen LogP contribution < -0.4 is 0 Å². The van der Waals surface area contributed by atoms with Crippen LogP contribution in [-0.4, -0.2) is 80.6 Å². The number of carbonyl (C=O) groups is 3. The number of likely N-dealkylation sites (N-methyl/N-ethyl adjacent to an activating group) is 1. The average molecular weight is 691 g/mol. The fourth-order valence-corrected chi connectivity index (χ4v) is 5.28. The van der Waals surface area contributed by atoms with E-state index in [-0.39, 0.29) is 42.7 Å². The van der Waals surface area contributed by atoms with Gasteiger partial charge >= 0.3 is 17.9 Å². The van der Waals surface area contributed by atoms with Gasteiger partial charge in [0.15, 0.2) is 12.1 Å². The molecule has 282 valence electrons. The Bertz CT molecular complexity index is 948. The first-order valence-electron chi connectivity index (χ1n) is 19.2. The Morgan fingerprint density at radius 2 is 1.14 bits per heavy atom. The Balaban J connectivity index is 4.54. The molecule has 0 fully saturated rings. The number of unbranched alkanes of at least 4 members (excludes halogenated alkanes) is 11. The predicted octanol–water partition coefficient (Wildman–Crippen LogP) is 9.68. The molecule has 0 aliphatic heterocycles. The van der Waals surface area contributed by atoms with Crippen molar-refractivity contribution in [2.75, 3.05) is 41.0 Å². The Kier molecular flexibility index (Phi) is 30.7. The summed E-state index contributed by atoms with van der Waals surface area (Å²) in [5, 5.41) is 9.57. The molecule has 49 heavy (non-hydrogen) atoms. The van der Waals surface area contributed by atoms with Gasteiger partial charge in [0.1, 0.15) is 6.61 Å². The minimum Gasteiger partial charge on any atom is -0.477 e. The second kappa shape index (κ2) is 32.5. The highest BCUT2D eigenvalue weighted by molar-refractivity contribution is 5.72. The lowest BCUT2D eigenvalue weighted by atomic mass is 10.0. The number of ether oxygens (including phenoxy) is 3. The van der Waals surface area contributed by atoms with Crippen molar-refractivity contribution >= 4 is 17.9 Å². The van der Waals surface area contributed by atoms with Crippen LogP contribution in [0.2, 0.25) is 0 Å². The first-order chi connectivity index (χ1) is 23.6. The Labute approximate surface area is 299 Å². The third-order valence-electron chi connectivity index (χ3n) is 8.26. The summed E-state index contributed by atoms with van der Waals surface area (Å²) in [5.41, 5.74) is 0. The second-order valence-electron chi connectivity index (χ2n) is 13.8. The van der Waals surface area contributed by atoms with E-state index < -0.39 is 18.1 Å². The van der Waals surface area contributed by atoms with Gasteiger partial charge in [-0.15, -0.1) is 0 Å². The molecule has 0 saturated carbocycles. The van der Waals surface area contributed by atoms with E-state index in [0.29, 0.717) is 19.3 Å². The van der Waals surface area contributed by atoms with E-state index in [1.54, 1.807) is 0 Å². The molecule has 0 radical (unpaired) electrons. The monoisotopic (exact) mass is 691 g/mol. The summed E-state index contributed by atoms with van der Waals surface area (Å²) in [6, 6.07) is -0.625. The van der Waals surface area contributed by atoms with Gasteiger partial charge in [-0.1, -0.05) is 133 Å². The highest BCUT2D eigenvalue weighted by Gasteiger charge is 2.31. The third kappa shape index (κ3) is 31.0. The van der Waals surface area contributed by atoms with Crippen molar-refractivity contribution in [2.45, 2.75) is 154 Å². The van der Waals surface area contributed by atoms with Gasteiger partial charge in [0, 0.05) is 19.3 Å². The number of aliphatic carboxylic acids is 1. The first-order valence-corrected chi connectivity index (χ1v) is 19.2. The van der Waals surface area contributed by atoms with Crippen LogP contribution in [-0.2, 0) is 28.6 Å². The highest BCUT2D eigenvalue weighted by atomic mass is 16.6. The maximum Gasteiger partial charge on any atom is 0.362 e. The molecule has 0 saturated heterocycles. The lowest BCUT2D eigenvalue weighted by molar-refractivity contribution is -0.887. The molecule has 0 bridgehead atoms. The number of hydrogen-bond acceptors (Lipinski definition) is 6. The van der Waals surface area contributed by atoms with Crippen molar-refractivity contribution in [1.82, 2.24) is 0 Å². The maximum atomic E-state index is 12.6. The summed E-state index contributed by atoms with van der Waals surface area (Å²) in [6.07, 6.45) is 36.0. The van der Waals surface area contributed by atoms with Crippen molar-refractivity contribution in [1.29, 1.82) is 0 Å². The molecule has 0 aliphatic rings. The summed E-state index contributed by atoms with van der Waals surface area (Å²) in [4.78, 5) is 36.7. The molecule has 2 atom stereocenters. The molecule has 1 N–H and O–H groups in total. The minimum absolute atomic E-state index is 0.0328. The lowest BCUT2D eigenvalue weighted by Gasteiger charge is -2.31. The SMILES string of the molecule is CC/C=C\C/C=C\C/C=C\C/C=C\CCC(=O)OC(COCCC(C(=O)O)[N+](C)(C)C)COC(=O)CCCCCCCCCCCCCC. The normalized spacial score (nSPS) is 13.6. The number of nitrogens with zero attached hydrogens (tertiary/aromatic N) is 1. The van der Waals surface area contributed by atoms with Crippen molar-refractivity contribution in [3.8, 4) is 0 Å². The number of quaternary nitrogens is 1. The topological polar surface area (TPSA) is 99.1 Å². The molecule has 0 aromatic carbocycles. The van der Waals surface area contributed by atoms with Crippen LogP contribution in [0.15, 0.2) is 48.6 Å². The van der Waals surface area contributed by atoms with Gasteiger partial charge in [0.05, 0.1) is 34.4 Å². The highest BCUT2D eigenvalue weighted by Crippen LogP contribution is 2.13. The molecule has 0 amide bonds. The van der Waals surface area contributed by atoms with Gasteiger partial charge < -0.3 is 23.8 Å². The molecule has 0 aliphatic carbocycles. The van der Waals surface area contributed by atoms with Crippen LogP contribution in [0, 0.1) is 0 Å². The zero-order valence-electron chi connectivity index (χ0n) is 31.9. The number of rotatable bonds is 33. The van der Waals surface area contributed by atoms with E-state index >= 15 is 0 Å². The Morgan fingerprint density at radius 3 is 1.65 bits per heavy atom. The number of carbonyl (C=O) groups excluding carboxylic acids is 2. The van der Waals surface area contributed by atoms with Crippen LogP contribution in [0.3, 0.4) is 0 Å². The molecule has 8 heteroatoms. The molecule has 0 aromatic heterocycles. The average Bonchev–Trinajstić information content (AvgIpc) is 3.05. The van der Waals surface area contributed by atoms with Gasteiger partial charge in [0.25, 0.3) is 0 Å². The van der Waals surface area contributed by atoms with Gasteiger partial charge in [-0.25, -0.2) is 4.79 Å². The van der Waals surface area contributed by atoms with E-state index in [0.717, 1.165) is 44.9 Å². The van der Waals surface area contributed by atoms with Crippen LogP contribution in [0.5, 0.6) is 0 Å². The number of carboxylic acid groups (broad SMARTS) is 1. The number of esters is 2. The molecular weight excluding hydrogens is 618 g/mol. The largest absolute Gasteiger partial charge is 0.477 e. The zero-order chi connectivity index (χ0) is 36.4. The Hall–Kier alpha value is -2.71. The molecule has 0 spiro atoms. The van der Waals surface area contributed by atoms with Gasteiger partial charge in [0.2, 0.25) is 0 Å². The minimum atomic E-state index is -0.887. The maximum absolute atomic E-state index is 12.6. The zero-order valence-corrected chi connectivity index (χ0v) is 31.9. The smallest absolute Gasteiger partial charge is 0.362 e. The number of allylic oxidation sites excluding steroid dienone is 8. The van der Waals surface area contributed by atoms with Gasteiger partial charge in [-0.2, -0.15) is 0 Å². The molecule has 0 aromatic rings. The Morgan fingerprint density at radius 1 is 0.633 bits per heavy atom. The molecule has 8 nitrogen and oxygen atoms in total. The molecule has 2 unspecified atom stereocenters. The van der Waals surface area contributed by atoms with Crippen LogP contribution in [0.4, 0.5) is 0 Å². The summed E-state index contributed by atoms with van der Waals surface area (Å²) >= 11 is 0. The summed E-state index contributed by atoms with van der Waals surface area (Å²) < 4.78 is 17.1. The third-order valence-corrected chi connectivity index (χ3v) is 8.26. The fraction of sp³-hybridized carbons (Fsp3) is 0.732. The predicted molar refractivity (Wildman–Crippen MR) is 201 cm³/mol. The molecule has 0 rings (SSSR count). The van der Waals surface area contributed by atoms with Crippen LogP contribution in [0.1, 0.15) is 142 Å². The number of carboxylic acids is 1. The van der Waals surface area contributed by atoms with Crippen LogP contribution in [0.25, 0.3) is 0 Å². The molecule has 0 heterocycles. The number of hydrogen-bond donors (Lipinski definition) is 1. The first kappa shape index (κ1) is 46.3. The second-order valence-corrected chi connectivity index (χ2v) is 13.8. The summed E-state index contributed by atoms with van der Waals surface area (Å²) in [5.74, 6) is -1.58. The van der Waals surface area contributed by atoms with Crippen molar-refractivity contribution in [3.63, 3.8) is 0 Å². The lowest BCUT2D eigenvalue weighted by Crippen LogP contribution is -2.50. The van der Waals surface area contributed by atoms with E-state index in [1.165, 1.54) is 57.8 Å². The standard InChI is InChI=1S/C41H71NO7/c1-6-8-10-12-14-16-18-20-22-24-26-28-30-32-40(44)49-37(35-47-34-33-38(41(45)46)42(3,4)5)36-48-39(43)31-29-27-25-23-21-19-17-15-13-11-9-7-2/h8,10,14,16,20,22,26,28,37-38H,6-7,9,11-13,15,17-19,21,23-25,27,29-36H2,1-5H3/p+1/b10-8-,16-14-,22-20-,28-26-.